The summed E-state index contributed by atoms with van der Waals surface area (Å²) in [6.45, 7) is -0.0471. The Hall–Kier alpha value is -1.87. The van der Waals surface area contributed by atoms with E-state index in [0.717, 1.165) is 27.9 Å². The molecule has 0 aliphatic carbocycles. The first kappa shape index (κ1) is 15.0. The Balaban J connectivity index is 2.17. The fraction of sp³-hybridized carbons (Fsp3) is 0.0556. The van der Waals surface area contributed by atoms with E-state index in [-0.39, 0.29) is 6.61 Å². The third kappa shape index (κ3) is 3.14. The van der Waals surface area contributed by atoms with Gasteiger partial charge in [-0.2, -0.15) is 0 Å². The Kier molecular flexibility index (Phi) is 4.44. The van der Waals surface area contributed by atoms with Crippen molar-refractivity contribution in [3.63, 3.8) is 0 Å². The van der Waals surface area contributed by atoms with Gasteiger partial charge in [0, 0.05) is 27.4 Å². The lowest BCUT2D eigenvalue weighted by molar-refractivity contribution is 0.281. The third-order valence-electron chi connectivity index (χ3n) is 3.40. The molecule has 0 atom stereocenters. The summed E-state index contributed by atoms with van der Waals surface area (Å²) in [5, 5.41) is 10.7. The molecule has 0 aliphatic rings. The molecule has 0 spiro atoms. The van der Waals surface area contributed by atoms with E-state index in [9.17, 15) is 5.11 Å². The second-order valence-corrected chi connectivity index (χ2v) is 5.78. The van der Waals surface area contributed by atoms with E-state index in [0.29, 0.717) is 10.0 Å². The van der Waals surface area contributed by atoms with Gasteiger partial charge in [0.15, 0.2) is 0 Å². The molecule has 4 heteroatoms. The van der Waals surface area contributed by atoms with Crippen LogP contribution in [0.4, 0.5) is 0 Å². The van der Waals surface area contributed by atoms with Crippen molar-refractivity contribution in [1.29, 1.82) is 0 Å². The molecule has 0 aliphatic heterocycles. The van der Waals surface area contributed by atoms with E-state index >= 15 is 0 Å². The summed E-state index contributed by atoms with van der Waals surface area (Å²) >= 11 is 11.9. The Morgan fingerprint density at radius 1 is 0.818 bits per heavy atom. The number of rotatable bonds is 3. The van der Waals surface area contributed by atoms with Gasteiger partial charge in [-0.05, 0) is 41.5 Å². The van der Waals surface area contributed by atoms with Gasteiger partial charge in [0.05, 0.1) is 12.3 Å². The largest absolute Gasteiger partial charge is 0.392 e. The first-order chi connectivity index (χ1) is 10.7. The maximum atomic E-state index is 9.37. The predicted molar refractivity (Wildman–Crippen MR) is 91.1 cm³/mol. The van der Waals surface area contributed by atoms with Gasteiger partial charge in [0.1, 0.15) is 0 Å². The normalized spacial score (nSPS) is 10.7. The predicted octanol–water partition coefficient (Wildman–Crippen LogP) is 5.21. The maximum Gasteiger partial charge on any atom is 0.0780 e. The number of nitrogens with zero attached hydrogens (tertiary/aromatic N) is 1. The zero-order valence-corrected chi connectivity index (χ0v) is 13.1. The average Bonchev–Trinajstić information content (AvgIpc) is 2.56. The van der Waals surface area contributed by atoms with E-state index in [1.807, 2.05) is 54.6 Å². The number of hydrogen-bond donors (Lipinski definition) is 1. The number of aliphatic hydroxyl groups is 1. The number of hydrogen-bond acceptors (Lipinski definition) is 2. The highest BCUT2D eigenvalue weighted by Gasteiger charge is 2.10. The lowest BCUT2D eigenvalue weighted by Gasteiger charge is -2.11. The quantitative estimate of drug-likeness (QED) is 0.715. The Morgan fingerprint density at radius 2 is 1.36 bits per heavy atom. The molecule has 2 nitrogen and oxygen atoms in total. The van der Waals surface area contributed by atoms with Crippen LogP contribution < -0.4 is 0 Å². The maximum absolute atomic E-state index is 9.37. The zero-order chi connectivity index (χ0) is 15.5. The van der Waals surface area contributed by atoms with Crippen LogP contribution in [0.3, 0.4) is 0 Å². The highest BCUT2D eigenvalue weighted by atomic mass is 35.5. The van der Waals surface area contributed by atoms with Crippen LogP contribution in [0.25, 0.3) is 22.4 Å². The van der Waals surface area contributed by atoms with Crippen molar-refractivity contribution in [1.82, 2.24) is 4.98 Å². The van der Waals surface area contributed by atoms with Crippen LogP contribution >= 0.6 is 23.2 Å². The zero-order valence-electron chi connectivity index (χ0n) is 11.6. The van der Waals surface area contributed by atoms with Gasteiger partial charge in [-0.15, -0.1) is 0 Å². The van der Waals surface area contributed by atoms with Gasteiger partial charge in [0.25, 0.3) is 0 Å². The van der Waals surface area contributed by atoms with Gasteiger partial charge in [-0.1, -0.05) is 47.5 Å². The molecule has 0 saturated heterocycles. The number of halogens is 2. The molecule has 0 radical (unpaired) electrons. The fourth-order valence-corrected chi connectivity index (χ4v) is 2.53. The minimum absolute atomic E-state index is 0.0471. The second kappa shape index (κ2) is 6.49. The SMILES string of the molecule is OCc1cnc(-c2ccc(Cl)cc2)c(-c2ccc(Cl)cc2)c1. The molecular formula is C18H13Cl2NO. The minimum Gasteiger partial charge on any atom is -0.392 e. The van der Waals surface area contributed by atoms with E-state index in [2.05, 4.69) is 4.98 Å². The number of benzene rings is 2. The fourth-order valence-electron chi connectivity index (χ4n) is 2.28. The van der Waals surface area contributed by atoms with Crippen LogP contribution in [0.1, 0.15) is 5.56 Å². The summed E-state index contributed by atoms with van der Waals surface area (Å²) < 4.78 is 0. The molecular weight excluding hydrogens is 317 g/mol. The Morgan fingerprint density at radius 3 is 1.91 bits per heavy atom. The second-order valence-electron chi connectivity index (χ2n) is 4.91. The highest BCUT2D eigenvalue weighted by molar-refractivity contribution is 6.31. The molecule has 22 heavy (non-hydrogen) atoms. The van der Waals surface area contributed by atoms with Crippen molar-refractivity contribution in [3.05, 3.63) is 76.4 Å². The van der Waals surface area contributed by atoms with Crippen molar-refractivity contribution in [2.75, 3.05) is 0 Å². The molecule has 2 aromatic carbocycles. The molecule has 1 N–H and O–H groups in total. The van der Waals surface area contributed by atoms with Gasteiger partial charge >= 0.3 is 0 Å². The number of aliphatic hydroxyl groups excluding tert-OH is 1. The Labute approximate surface area is 139 Å². The van der Waals surface area contributed by atoms with Crippen LogP contribution in [0.15, 0.2) is 60.8 Å². The van der Waals surface area contributed by atoms with Crippen LogP contribution in [0.5, 0.6) is 0 Å². The molecule has 1 heterocycles. The topological polar surface area (TPSA) is 33.1 Å². The van der Waals surface area contributed by atoms with E-state index in [1.54, 1.807) is 6.20 Å². The van der Waals surface area contributed by atoms with Crippen molar-refractivity contribution < 1.29 is 5.11 Å². The summed E-state index contributed by atoms with van der Waals surface area (Å²) in [5.74, 6) is 0. The summed E-state index contributed by atoms with van der Waals surface area (Å²) in [7, 11) is 0. The summed E-state index contributed by atoms with van der Waals surface area (Å²) in [4.78, 5) is 4.51. The first-order valence-electron chi connectivity index (χ1n) is 6.79. The lowest BCUT2D eigenvalue weighted by Crippen LogP contribution is -1.93. The van der Waals surface area contributed by atoms with Crippen LogP contribution in [-0.4, -0.2) is 10.1 Å². The van der Waals surface area contributed by atoms with E-state index in [4.69, 9.17) is 23.2 Å². The summed E-state index contributed by atoms with van der Waals surface area (Å²) in [6, 6.07) is 17.1. The molecule has 0 amide bonds. The van der Waals surface area contributed by atoms with Crippen LogP contribution in [0.2, 0.25) is 10.0 Å². The summed E-state index contributed by atoms with van der Waals surface area (Å²) in [6.07, 6.45) is 1.68. The van der Waals surface area contributed by atoms with E-state index in [1.165, 1.54) is 0 Å². The van der Waals surface area contributed by atoms with Gasteiger partial charge in [0.2, 0.25) is 0 Å². The third-order valence-corrected chi connectivity index (χ3v) is 3.90. The number of aromatic nitrogens is 1. The summed E-state index contributed by atoms with van der Waals surface area (Å²) in [5.41, 5.74) is 4.53. The molecule has 3 rings (SSSR count). The molecule has 0 unspecified atom stereocenters. The average molecular weight is 330 g/mol. The highest BCUT2D eigenvalue weighted by Crippen LogP contribution is 2.32. The standard InChI is InChI=1S/C18H13Cl2NO/c19-15-5-1-13(2-6-15)17-9-12(11-22)10-21-18(17)14-3-7-16(20)8-4-14/h1-10,22H,11H2. The first-order valence-corrected chi connectivity index (χ1v) is 7.54. The molecule has 0 fully saturated rings. The van der Waals surface area contributed by atoms with Crippen molar-refractivity contribution in [2.45, 2.75) is 6.61 Å². The monoisotopic (exact) mass is 329 g/mol. The van der Waals surface area contributed by atoms with Crippen molar-refractivity contribution in [2.24, 2.45) is 0 Å². The van der Waals surface area contributed by atoms with Crippen LogP contribution in [-0.2, 0) is 6.61 Å². The minimum atomic E-state index is -0.0471. The molecule has 0 bridgehead atoms. The van der Waals surface area contributed by atoms with E-state index < -0.39 is 0 Å². The smallest absolute Gasteiger partial charge is 0.0780 e. The van der Waals surface area contributed by atoms with Crippen molar-refractivity contribution >= 4 is 23.2 Å². The van der Waals surface area contributed by atoms with Crippen molar-refractivity contribution in [3.8, 4) is 22.4 Å². The molecule has 0 saturated carbocycles. The lowest BCUT2D eigenvalue weighted by atomic mass is 9.98. The molecule has 3 aromatic rings. The van der Waals surface area contributed by atoms with Gasteiger partial charge < -0.3 is 5.11 Å². The van der Waals surface area contributed by atoms with Crippen LogP contribution in [0, 0.1) is 0 Å². The molecule has 1 aromatic heterocycles. The van der Waals surface area contributed by atoms with Gasteiger partial charge in [-0.25, -0.2) is 0 Å². The number of pyridine rings is 1. The molecule has 110 valence electrons. The Bertz CT molecular complexity index is 783. The van der Waals surface area contributed by atoms with Gasteiger partial charge in [-0.3, -0.25) is 4.98 Å².